The van der Waals surface area contributed by atoms with Crippen LogP contribution in [0.1, 0.15) is 19.2 Å². The second-order valence-corrected chi connectivity index (χ2v) is 4.93. The number of hydrogen-bond donors (Lipinski definition) is 1. The van der Waals surface area contributed by atoms with Crippen molar-refractivity contribution < 1.29 is 13.9 Å². The lowest BCUT2D eigenvalue weighted by Gasteiger charge is -2.16. The Balaban J connectivity index is 2.39. The largest absolute Gasteiger partial charge is 0.385 e. The van der Waals surface area contributed by atoms with Crippen LogP contribution in [0.5, 0.6) is 0 Å². The van der Waals surface area contributed by atoms with E-state index in [0.717, 1.165) is 17.5 Å². The van der Waals surface area contributed by atoms with Crippen LogP contribution in [0, 0.1) is 0 Å². The highest BCUT2D eigenvalue weighted by Gasteiger charge is 2.36. The molecule has 0 fully saturated rings. The first-order chi connectivity index (χ1) is 8.93. The molecule has 0 spiro atoms. The molecule has 0 aliphatic carbocycles. The fourth-order valence-electron chi connectivity index (χ4n) is 2.04. The van der Waals surface area contributed by atoms with Crippen molar-refractivity contribution in [3.63, 3.8) is 0 Å². The zero-order chi connectivity index (χ0) is 14.0. The van der Waals surface area contributed by atoms with E-state index in [2.05, 4.69) is 4.98 Å². The molecule has 2 aromatic rings. The summed E-state index contributed by atoms with van der Waals surface area (Å²) in [6.07, 6.45) is -1.37. The Morgan fingerprint density at radius 2 is 2.11 bits per heavy atom. The Hall–Kier alpha value is -1.20. The van der Waals surface area contributed by atoms with Crippen LogP contribution < -0.4 is 0 Å². The molecule has 1 aromatic carbocycles. The molecular weight excluding hydrogens is 274 g/mol. The molecule has 1 aromatic heterocycles. The predicted molar refractivity (Wildman–Crippen MR) is 70.5 cm³/mol. The molecule has 0 aliphatic rings. The topological polar surface area (TPSA) is 38.0 Å². The van der Waals surface area contributed by atoms with Gasteiger partial charge in [-0.2, -0.15) is 8.78 Å². The van der Waals surface area contributed by atoms with Gasteiger partial charge in [-0.15, -0.1) is 0 Å². The van der Waals surface area contributed by atoms with Crippen LogP contribution in [0.2, 0.25) is 0 Å². The van der Waals surface area contributed by atoms with E-state index in [1.807, 2.05) is 35.8 Å². The van der Waals surface area contributed by atoms with Crippen molar-refractivity contribution in [1.82, 2.24) is 9.55 Å². The second kappa shape index (κ2) is 5.43. The highest BCUT2D eigenvalue weighted by atomic mass is 35.5. The molecule has 0 amide bonds. The van der Waals surface area contributed by atoms with Crippen LogP contribution in [0.4, 0.5) is 8.78 Å². The maximum absolute atomic E-state index is 12.9. The zero-order valence-corrected chi connectivity index (χ0v) is 11.2. The smallest absolute Gasteiger partial charge is 0.347 e. The molecule has 104 valence electrons. The summed E-state index contributed by atoms with van der Waals surface area (Å²) in [4.78, 5) is 4.30. The lowest BCUT2D eigenvalue weighted by atomic mass is 10.2. The number of rotatable bonds is 5. The van der Waals surface area contributed by atoms with Crippen molar-refractivity contribution in [2.45, 2.75) is 37.8 Å². The number of aromatic nitrogens is 2. The van der Waals surface area contributed by atoms with Crippen LogP contribution in [0.25, 0.3) is 11.0 Å². The van der Waals surface area contributed by atoms with Crippen LogP contribution in [0.3, 0.4) is 0 Å². The number of aliphatic hydroxyl groups excluding tert-OH is 1. The average molecular weight is 289 g/mol. The summed E-state index contributed by atoms with van der Waals surface area (Å²) in [6, 6.07) is 7.40. The van der Waals surface area contributed by atoms with Gasteiger partial charge in [-0.25, -0.2) is 4.98 Å². The molecule has 2 rings (SSSR count). The van der Waals surface area contributed by atoms with E-state index in [9.17, 15) is 13.9 Å². The van der Waals surface area contributed by atoms with Gasteiger partial charge in [0.15, 0.2) is 0 Å². The third kappa shape index (κ3) is 3.04. The number of halogens is 3. The highest BCUT2D eigenvalue weighted by Crippen LogP contribution is 2.27. The number of benzene rings is 1. The minimum Gasteiger partial charge on any atom is -0.385 e. The third-order valence-corrected chi connectivity index (χ3v) is 3.19. The van der Waals surface area contributed by atoms with Gasteiger partial charge in [-0.05, 0) is 30.2 Å². The second-order valence-electron chi connectivity index (χ2n) is 4.43. The summed E-state index contributed by atoms with van der Waals surface area (Å²) in [7, 11) is 0. The Kier molecular flexibility index (Phi) is 4.06. The monoisotopic (exact) mass is 288 g/mol. The molecule has 0 saturated heterocycles. The molecule has 1 heterocycles. The van der Waals surface area contributed by atoms with Crippen molar-refractivity contribution in [1.29, 1.82) is 0 Å². The van der Waals surface area contributed by atoms with Gasteiger partial charge in [-0.1, -0.05) is 19.1 Å². The minimum atomic E-state index is -3.64. The normalized spacial score (nSPS) is 13.9. The molecule has 0 radical (unpaired) electrons. The Morgan fingerprint density at radius 1 is 1.42 bits per heavy atom. The Bertz CT molecular complexity index is 565. The summed E-state index contributed by atoms with van der Waals surface area (Å²) >= 11 is 4.84. The van der Waals surface area contributed by atoms with Gasteiger partial charge in [0.2, 0.25) is 0 Å². The Labute approximate surface area is 114 Å². The standard InChI is InChI=1S/C13H15ClF2N2O/c1-2-7-18-10-6-4-3-5-9(10)17-12(18)8-11(19)13(14,15)16/h3-6,11,19H,2,7-8H2,1H3. The first-order valence-electron chi connectivity index (χ1n) is 6.12. The molecule has 6 heteroatoms. The quantitative estimate of drug-likeness (QED) is 0.858. The summed E-state index contributed by atoms with van der Waals surface area (Å²) < 4.78 is 27.6. The number of hydrogen-bond acceptors (Lipinski definition) is 2. The van der Waals surface area contributed by atoms with Gasteiger partial charge >= 0.3 is 5.38 Å². The summed E-state index contributed by atoms with van der Waals surface area (Å²) in [5, 5.41) is 5.78. The van der Waals surface area contributed by atoms with E-state index < -0.39 is 11.5 Å². The van der Waals surface area contributed by atoms with E-state index in [4.69, 9.17) is 11.6 Å². The van der Waals surface area contributed by atoms with Crippen LogP contribution >= 0.6 is 11.6 Å². The van der Waals surface area contributed by atoms with Crippen molar-refractivity contribution in [2.24, 2.45) is 0 Å². The SMILES string of the molecule is CCCn1c(CC(O)C(F)(F)Cl)nc2ccccc21. The van der Waals surface area contributed by atoms with Crippen LogP contribution in [-0.2, 0) is 13.0 Å². The number of alkyl halides is 3. The molecule has 3 nitrogen and oxygen atoms in total. The first-order valence-corrected chi connectivity index (χ1v) is 6.50. The van der Waals surface area contributed by atoms with Gasteiger partial charge in [0.05, 0.1) is 11.0 Å². The minimum absolute atomic E-state index is 0.273. The van der Waals surface area contributed by atoms with E-state index in [1.165, 1.54) is 0 Å². The lowest BCUT2D eigenvalue weighted by Crippen LogP contribution is -2.30. The molecule has 0 saturated carbocycles. The van der Waals surface area contributed by atoms with E-state index >= 15 is 0 Å². The van der Waals surface area contributed by atoms with Crippen molar-refractivity contribution in [3.8, 4) is 0 Å². The van der Waals surface area contributed by atoms with Crippen molar-refractivity contribution in [2.75, 3.05) is 0 Å². The maximum atomic E-state index is 12.9. The highest BCUT2D eigenvalue weighted by molar-refractivity contribution is 6.22. The summed E-state index contributed by atoms with van der Waals surface area (Å²) in [5.74, 6) is 0.427. The number of aliphatic hydroxyl groups is 1. The van der Waals surface area contributed by atoms with Gasteiger partial charge in [-0.3, -0.25) is 0 Å². The first kappa shape index (κ1) is 14.2. The van der Waals surface area contributed by atoms with Crippen molar-refractivity contribution in [3.05, 3.63) is 30.1 Å². The predicted octanol–water partition coefficient (Wildman–Crippen LogP) is 3.18. The number of aryl methyl sites for hydroxylation is 1. The average Bonchev–Trinajstić information content (AvgIpc) is 2.67. The number of imidazole rings is 1. The number of fused-ring (bicyclic) bond motifs is 1. The summed E-state index contributed by atoms with van der Waals surface area (Å²) in [6.45, 7) is 2.65. The molecular formula is C13H15ClF2N2O. The van der Waals surface area contributed by atoms with Gasteiger partial charge in [0, 0.05) is 13.0 Å². The molecule has 1 unspecified atom stereocenters. The number of para-hydroxylation sites is 2. The van der Waals surface area contributed by atoms with Crippen molar-refractivity contribution >= 4 is 22.6 Å². The molecule has 19 heavy (non-hydrogen) atoms. The molecule has 0 aliphatic heterocycles. The third-order valence-electron chi connectivity index (χ3n) is 2.93. The fraction of sp³-hybridized carbons (Fsp3) is 0.462. The summed E-state index contributed by atoms with van der Waals surface area (Å²) in [5.41, 5.74) is 1.61. The maximum Gasteiger partial charge on any atom is 0.347 e. The zero-order valence-electron chi connectivity index (χ0n) is 10.5. The van der Waals surface area contributed by atoms with Gasteiger partial charge in [0.1, 0.15) is 11.9 Å². The van der Waals surface area contributed by atoms with E-state index in [1.54, 1.807) is 0 Å². The molecule has 1 N–H and O–H groups in total. The van der Waals surface area contributed by atoms with Gasteiger partial charge < -0.3 is 9.67 Å². The van der Waals surface area contributed by atoms with Crippen LogP contribution in [-0.4, -0.2) is 26.1 Å². The van der Waals surface area contributed by atoms with E-state index in [0.29, 0.717) is 12.4 Å². The molecule has 1 atom stereocenters. The fourth-order valence-corrected chi connectivity index (χ4v) is 2.12. The van der Waals surface area contributed by atoms with Crippen LogP contribution in [0.15, 0.2) is 24.3 Å². The number of nitrogens with zero attached hydrogens (tertiary/aromatic N) is 2. The Morgan fingerprint density at radius 3 is 2.74 bits per heavy atom. The van der Waals surface area contributed by atoms with E-state index in [-0.39, 0.29) is 6.42 Å². The van der Waals surface area contributed by atoms with Gasteiger partial charge in [0.25, 0.3) is 0 Å². The molecule has 0 bridgehead atoms. The lowest BCUT2D eigenvalue weighted by molar-refractivity contribution is -0.0409.